The molecule has 0 spiro atoms. The van der Waals surface area contributed by atoms with E-state index in [1.54, 1.807) is 7.11 Å². The lowest BCUT2D eigenvalue weighted by molar-refractivity contribution is 0.0659. The Bertz CT molecular complexity index is 943. The minimum Gasteiger partial charge on any atom is -0.497 e. The maximum Gasteiger partial charge on any atom is 0.254 e. The molecule has 0 radical (unpaired) electrons. The molecule has 0 atom stereocenters. The molecule has 0 unspecified atom stereocenters. The van der Waals surface area contributed by atoms with Gasteiger partial charge in [0.15, 0.2) is 0 Å². The monoisotopic (exact) mass is 436 g/mol. The Labute approximate surface area is 190 Å². The predicted molar refractivity (Wildman–Crippen MR) is 123 cm³/mol. The van der Waals surface area contributed by atoms with Crippen molar-refractivity contribution in [3.8, 4) is 11.5 Å². The highest BCUT2D eigenvalue weighted by atomic mass is 16.5. The van der Waals surface area contributed by atoms with Gasteiger partial charge in [0.1, 0.15) is 11.5 Å². The molecule has 170 valence electrons. The summed E-state index contributed by atoms with van der Waals surface area (Å²) in [4.78, 5) is 29.2. The number of rotatable bonds is 6. The van der Waals surface area contributed by atoms with Gasteiger partial charge in [-0.3, -0.25) is 9.59 Å². The van der Waals surface area contributed by atoms with Gasteiger partial charge in [-0.2, -0.15) is 0 Å². The molecule has 0 N–H and O–H groups in total. The summed E-state index contributed by atoms with van der Waals surface area (Å²) < 4.78 is 11.2. The maximum atomic E-state index is 12.9. The van der Waals surface area contributed by atoms with Crippen LogP contribution in [0.3, 0.4) is 0 Å². The highest BCUT2D eigenvalue weighted by Gasteiger charge is 2.25. The number of piperidine rings is 1. The van der Waals surface area contributed by atoms with Crippen molar-refractivity contribution in [2.45, 2.75) is 32.6 Å². The van der Waals surface area contributed by atoms with Crippen LogP contribution in [0.15, 0.2) is 42.5 Å². The lowest BCUT2D eigenvalue weighted by Gasteiger charge is -2.32. The van der Waals surface area contributed by atoms with Gasteiger partial charge >= 0.3 is 0 Å². The Kier molecular flexibility index (Phi) is 6.98. The van der Waals surface area contributed by atoms with Gasteiger partial charge in [-0.05, 0) is 86.6 Å². The number of amides is 2. The van der Waals surface area contributed by atoms with Crippen molar-refractivity contribution < 1.29 is 19.1 Å². The summed E-state index contributed by atoms with van der Waals surface area (Å²) in [5.74, 6) is 2.17. The fourth-order valence-electron chi connectivity index (χ4n) is 4.49. The summed E-state index contributed by atoms with van der Waals surface area (Å²) in [6, 6.07) is 13.1. The van der Waals surface area contributed by atoms with Gasteiger partial charge in [-0.1, -0.05) is 0 Å². The summed E-state index contributed by atoms with van der Waals surface area (Å²) in [6.07, 6.45) is 4.03. The highest BCUT2D eigenvalue weighted by Crippen LogP contribution is 2.24. The number of methoxy groups -OCH3 is 1. The molecule has 0 aromatic heterocycles. The van der Waals surface area contributed by atoms with Crippen molar-refractivity contribution in [1.29, 1.82) is 0 Å². The van der Waals surface area contributed by atoms with E-state index in [1.807, 2.05) is 59.2 Å². The molecule has 2 aliphatic rings. The van der Waals surface area contributed by atoms with Crippen molar-refractivity contribution >= 4 is 11.8 Å². The molecule has 0 bridgehead atoms. The minimum absolute atomic E-state index is 0.0859. The zero-order chi connectivity index (χ0) is 22.5. The van der Waals surface area contributed by atoms with Crippen LogP contribution in [0.4, 0.5) is 0 Å². The summed E-state index contributed by atoms with van der Waals surface area (Å²) in [5.41, 5.74) is 2.40. The molecular formula is C26H32N2O4. The molecule has 4 rings (SSSR count). The molecule has 0 saturated carbocycles. The quantitative estimate of drug-likeness (QED) is 0.682. The molecular weight excluding hydrogens is 404 g/mol. The number of ether oxygens (including phenoxy) is 2. The fourth-order valence-corrected chi connectivity index (χ4v) is 4.49. The Balaban J connectivity index is 1.24. The van der Waals surface area contributed by atoms with Gasteiger partial charge < -0.3 is 19.3 Å². The number of nitrogens with zero attached hydrogens (tertiary/aromatic N) is 2. The van der Waals surface area contributed by atoms with E-state index in [9.17, 15) is 9.59 Å². The van der Waals surface area contributed by atoms with Gasteiger partial charge in [0.25, 0.3) is 11.8 Å². The number of carbonyl (C=O) groups excluding carboxylic acids is 2. The first kappa shape index (κ1) is 22.2. The van der Waals surface area contributed by atoms with E-state index in [0.717, 1.165) is 80.1 Å². The number of hydrogen-bond acceptors (Lipinski definition) is 4. The molecule has 0 aliphatic carbocycles. The van der Waals surface area contributed by atoms with E-state index in [-0.39, 0.29) is 11.8 Å². The molecule has 6 heteroatoms. The van der Waals surface area contributed by atoms with E-state index in [0.29, 0.717) is 12.5 Å². The molecule has 2 fully saturated rings. The third-order valence-electron chi connectivity index (χ3n) is 6.55. The van der Waals surface area contributed by atoms with Crippen LogP contribution in [0.1, 0.15) is 52.0 Å². The van der Waals surface area contributed by atoms with E-state index in [1.165, 1.54) is 0 Å². The van der Waals surface area contributed by atoms with Crippen molar-refractivity contribution in [1.82, 2.24) is 9.80 Å². The first-order valence-electron chi connectivity index (χ1n) is 11.5. The molecule has 2 aromatic carbocycles. The Morgan fingerprint density at radius 2 is 1.50 bits per heavy atom. The van der Waals surface area contributed by atoms with E-state index in [4.69, 9.17) is 9.47 Å². The lowest BCUT2D eigenvalue weighted by atomic mass is 9.96. The summed E-state index contributed by atoms with van der Waals surface area (Å²) in [6.45, 7) is 5.76. The summed E-state index contributed by atoms with van der Waals surface area (Å²) >= 11 is 0. The second-order valence-corrected chi connectivity index (χ2v) is 8.75. The average molecular weight is 437 g/mol. The molecule has 6 nitrogen and oxygen atoms in total. The van der Waals surface area contributed by atoms with Crippen molar-refractivity contribution in [2.75, 3.05) is 39.9 Å². The van der Waals surface area contributed by atoms with Gasteiger partial charge in [0.2, 0.25) is 0 Å². The maximum absolute atomic E-state index is 12.9. The minimum atomic E-state index is 0.0859. The van der Waals surface area contributed by atoms with Crippen LogP contribution < -0.4 is 9.47 Å². The topological polar surface area (TPSA) is 59.1 Å². The smallest absolute Gasteiger partial charge is 0.254 e. The third kappa shape index (κ3) is 5.06. The largest absolute Gasteiger partial charge is 0.497 e. The first-order chi connectivity index (χ1) is 15.5. The molecule has 2 aromatic rings. The van der Waals surface area contributed by atoms with Crippen LogP contribution in [0.2, 0.25) is 0 Å². The number of benzene rings is 2. The molecule has 2 amide bonds. The average Bonchev–Trinajstić information content (AvgIpc) is 3.37. The van der Waals surface area contributed by atoms with Crippen LogP contribution in [-0.4, -0.2) is 61.5 Å². The Hall–Kier alpha value is -3.02. The standard InChI is InChI=1S/C26H32N2O4/c1-19-17-23(31-2)9-10-24(19)26(30)28-15-11-20(12-16-28)18-32-22-7-5-21(6-8-22)25(29)27-13-3-4-14-27/h5-10,17,20H,3-4,11-16,18H2,1-2H3. The Morgan fingerprint density at radius 1 is 0.875 bits per heavy atom. The van der Waals surface area contributed by atoms with E-state index >= 15 is 0 Å². The lowest BCUT2D eigenvalue weighted by Crippen LogP contribution is -2.40. The number of likely N-dealkylation sites (tertiary alicyclic amines) is 2. The van der Waals surface area contributed by atoms with Crippen molar-refractivity contribution in [3.63, 3.8) is 0 Å². The molecule has 32 heavy (non-hydrogen) atoms. The summed E-state index contributed by atoms with van der Waals surface area (Å²) in [7, 11) is 1.63. The number of aryl methyl sites for hydroxylation is 1. The van der Waals surface area contributed by atoms with Crippen LogP contribution >= 0.6 is 0 Å². The van der Waals surface area contributed by atoms with E-state index in [2.05, 4.69) is 0 Å². The predicted octanol–water partition coefficient (Wildman–Crippen LogP) is 4.17. The van der Waals surface area contributed by atoms with Gasteiger partial charge in [-0.15, -0.1) is 0 Å². The van der Waals surface area contributed by atoms with Gasteiger partial charge in [0, 0.05) is 37.3 Å². The normalized spacial score (nSPS) is 16.8. The van der Waals surface area contributed by atoms with Crippen LogP contribution in [-0.2, 0) is 0 Å². The summed E-state index contributed by atoms with van der Waals surface area (Å²) in [5, 5.41) is 0. The van der Waals surface area contributed by atoms with E-state index < -0.39 is 0 Å². The third-order valence-corrected chi connectivity index (χ3v) is 6.55. The molecule has 2 aliphatic heterocycles. The van der Waals surface area contributed by atoms with Crippen LogP contribution in [0.5, 0.6) is 11.5 Å². The fraction of sp³-hybridized carbons (Fsp3) is 0.462. The second-order valence-electron chi connectivity index (χ2n) is 8.75. The van der Waals surface area contributed by atoms with Gasteiger partial charge in [0.05, 0.1) is 13.7 Å². The Morgan fingerprint density at radius 3 is 2.12 bits per heavy atom. The zero-order valence-corrected chi connectivity index (χ0v) is 19.0. The number of hydrogen-bond donors (Lipinski definition) is 0. The highest BCUT2D eigenvalue weighted by molar-refractivity contribution is 5.96. The van der Waals surface area contributed by atoms with Crippen molar-refractivity contribution in [2.24, 2.45) is 5.92 Å². The van der Waals surface area contributed by atoms with Crippen molar-refractivity contribution in [3.05, 3.63) is 59.2 Å². The van der Waals surface area contributed by atoms with Gasteiger partial charge in [-0.25, -0.2) is 0 Å². The molecule has 2 saturated heterocycles. The first-order valence-corrected chi connectivity index (χ1v) is 11.5. The zero-order valence-electron chi connectivity index (χ0n) is 19.0. The molecule has 2 heterocycles. The second kappa shape index (κ2) is 10.1. The van der Waals surface area contributed by atoms with Crippen LogP contribution in [0, 0.1) is 12.8 Å². The SMILES string of the molecule is COc1ccc(C(=O)N2CCC(COc3ccc(C(=O)N4CCCC4)cc3)CC2)c(C)c1. The van der Waals surface area contributed by atoms with Crippen LogP contribution in [0.25, 0.3) is 0 Å². The number of carbonyl (C=O) groups is 2.